The van der Waals surface area contributed by atoms with Gasteiger partial charge in [-0.15, -0.1) is 0 Å². The van der Waals surface area contributed by atoms with E-state index >= 15 is 0 Å². The molecule has 0 radical (unpaired) electrons. The summed E-state index contributed by atoms with van der Waals surface area (Å²) in [6.07, 6.45) is 1.55. The first kappa shape index (κ1) is 19.6. The molecule has 1 N–H and O–H groups in total. The van der Waals surface area contributed by atoms with E-state index in [1.54, 1.807) is 17.7 Å². The van der Waals surface area contributed by atoms with Crippen molar-refractivity contribution in [1.29, 1.82) is 0 Å². The van der Waals surface area contributed by atoms with E-state index in [0.29, 0.717) is 6.54 Å². The summed E-state index contributed by atoms with van der Waals surface area (Å²) in [5.74, 6) is -0.664. The summed E-state index contributed by atoms with van der Waals surface area (Å²) in [4.78, 5) is 25.0. The van der Waals surface area contributed by atoms with Crippen LogP contribution in [0.2, 0.25) is 0 Å². The Kier molecular flexibility index (Phi) is 5.49. The molecule has 26 heavy (non-hydrogen) atoms. The van der Waals surface area contributed by atoms with Crippen molar-refractivity contribution in [3.05, 3.63) is 28.2 Å². The molecule has 0 aromatic heterocycles. The third-order valence-electron chi connectivity index (χ3n) is 3.82. The fourth-order valence-corrected chi connectivity index (χ4v) is 2.87. The fourth-order valence-electron chi connectivity index (χ4n) is 2.87. The number of rotatable bonds is 5. The van der Waals surface area contributed by atoms with Gasteiger partial charge in [0.25, 0.3) is 0 Å². The molecule has 0 atom stereocenters. The lowest BCUT2D eigenvalue weighted by Crippen LogP contribution is -2.24. The highest BCUT2D eigenvalue weighted by Gasteiger charge is 2.30. The van der Waals surface area contributed by atoms with E-state index in [9.17, 15) is 14.7 Å². The van der Waals surface area contributed by atoms with Gasteiger partial charge in [0, 0.05) is 18.8 Å². The van der Waals surface area contributed by atoms with E-state index < -0.39 is 5.97 Å². The molecule has 0 spiro atoms. The van der Waals surface area contributed by atoms with Crippen molar-refractivity contribution in [2.45, 2.75) is 34.2 Å². The Morgan fingerprint density at radius 1 is 1.23 bits per heavy atom. The predicted octanol–water partition coefficient (Wildman–Crippen LogP) is 2.90. The van der Waals surface area contributed by atoms with Gasteiger partial charge in [-0.3, -0.25) is 4.79 Å². The van der Waals surface area contributed by atoms with Crippen LogP contribution in [0.5, 0.6) is 17.2 Å². The molecule has 2 rings (SSSR count). The van der Waals surface area contributed by atoms with Crippen LogP contribution in [0.4, 0.5) is 0 Å². The van der Waals surface area contributed by atoms with Gasteiger partial charge in [-0.1, -0.05) is 20.8 Å². The summed E-state index contributed by atoms with van der Waals surface area (Å²) in [7, 11) is 2.80. The van der Waals surface area contributed by atoms with Crippen molar-refractivity contribution in [1.82, 2.24) is 4.57 Å². The number of pyridine rings is 1. The van der Waals surface area contributed by atoms with Gasteiger partial charge in [0.05, 0.1) is 32.0 Å². The summed E-state index contributed by atoms with van der Waals surface area (Å²) in [5, 5.41) is 10.9. The molecular formula is C19H25NO6. The average Bonchev–Trinajstić information content (AvgIpc) is 2.54. The number of aromatic nitrogens is 1. The normalized spacial score (nSPS) is 11.5. The van der Waals surface area contributed by atoms with Crippen LogP contribution in [-0.2, 0) is 11.3 Å². The van der Waals surface area contributed by atoms with Crippen molar-refractivity contribution in [2.75, 3.05) is 20.8 Å². The van der Waals surface area contributed by atoms with Crippen LogP contribution in [0.25, 0.3) is 11.1 Å². The molecule has 1 heterocycles. The first-order valence-electron chi connectivity index (χ1n) is 8.32. The number of nitrogens with zero attached hydrogens (tertiary/aromatic N) is 1. The molecule has 1 aliphatic heterocycles. The van der Waals surface area contributed by atoms with E-state index in [-0.39, 0.29) is 51.5 Å². The summed E-state index contributed by atoms with van der Waals surface area (Å²) < 4.78 is 17.2. The number of aromatic hydroxyl groups is 1. The lowest BCUT2D eigenvalue weighted by atomic mass is 9.95. The van der Waals surface area contributed by atoms with Crippen LogP contribution in [0.3, 0.4) is 0 Å². The monoisotopic (exact) mass is 363 g/mol. The maximum atomic E-state index is 12.5. The first-order chi connectivity index (χ1) is 12.1. The number of hydrogen-bond donors (Lipinski definition) is 1. The number of hydrogen-bond acceptors (Lipinski definition) is 6. The van der Waals surface area contributed by atoms with E-state index in [1.807, 2.05) is 20.8 Å². The summed E-state index contributed by atoms with van der Waals surface area (Å²) in [5.41, 5.74) is -0.209. The van der Waals surface area contributed by atoms with Gasteiger partial charge in [-0.25, -0.2) is 4.79 Å². The number of esters is 1. The lowest BCUT2D eigenvalue weighted by molar-refractivity contribution is 0.0506. The molecule has 7 heteroatoms. The number of fused-ring (bicyclic) bond motifs is 1. The maximum Gasteiger partial charge on any atom is 0.358 e. The molecule has 0 amide bonds. The summed E-state index contributed by atoms with van der Waals surface area (Å²) >= 11 is 0. The van der Waals surface area contributed by atoms with E-state index in [4.69, 9.17) is 14.2 Å². The molecule has 0 bridgehead atoms. The molecular weight excluding hydrogens is 338 g/mol. The molecule has 1 aliphatic carbocycles. The van der Waals surface area contributed by atoms with Gasteiger partial charge < -0.3 is 23.9 Å². The summed E-state index contributed by atoms with van der Waals surface area (Å²) in [6, 6.07) is 1.30. The minimum Gasteiger partial charge on any atom is -0.505 e. The van der Waals surface area contributed by atoms with Crippen molar-refractivity contribution >= 4 is 5.97 Å². The van der Waals surface area contributed by atoms with Crippen LogP contribution in [0, 0.1) is 5.41 Å². The van der Waals surface area contributed by atoms with E-state index in [1.165, 1.54) is 20.3 Å². The Labute approximate surface area is 152 Å². The molecule has 0 fully saturated rings. The smallest absolute Gasteiger partial charge is 0.358 e. The Morgan fingerprint density at radius 3 is 2.38 bits per heavy atom. The second kappa shape index (κ2) is 7.27. The highest BCUT2D eigenvalue weighted by Crippen LogP contribution is 2.44. The number of benzene rings is 1. The first-order valence-corrected chi connectivity index (χ1v) is 8.32. The van der Waals surface area contributed by atoms with Gasteiger partial charge in [-0.05, 0) is 12.3 Å². The highest BCUT2D eigenvalue weighted by molar-refractivity contribution is 5.96. The van der Waals surface area contributed by atoms with E-state index in [2.05, 4.69) is 0 Å². The van der Waals surface area contributed by atoms with Crippen molar-refractivity contribution < 1.29 is 24.1 Å². The summed E-state index contributed by atoms with van der Waals surface area (Å²) in [6.45, 7) is 8.21. The molecule has 142 valence electrons. The maximum absolute atomic E-state index is 12.5. The largest absolute Gasteiger partial charge is 0.505 e. The second-order valence-electron chi connectivity index (χ2n) is 7.13. The number of carbonyl (C=O) groups excluding carboxylic acids is 1. The Morgan fingerprint density at radius 2 is 1.88 bits per heavy atom. The minimum atomic E-state index is -0.673. The van der Waals surface area contributed by atoms with Crippen LogP contribution >= 0.6 is 0 Å². The number of ether oxygens (including phenoxy) is 3. The fraction of sp³-hybridized carbons (Fsp3) is 0.474. The van der Waals surface area contributed by atoms with Gasteiger partial charge in [0.1, 0.15) is 0 Å². The third kappa shape index (κ3) is 3.61. The number of methoxy groups -OCH3 is 2. The minimum absolute atomic E-state index is 0.0276. The SMILES string of the molecule is CCOC(=O)c1c(O)c2c(OC)c(OC)cc(=O)c-2cn1CC(C)(C)C. The van der Waals surface area contributed by atoms with Gasteiger partial charge >= 0.3 is 5.97 Å². The van der Waals surface area contributed by atoms with Crippen molar-refractivity contribution in [2.24, 2.45) is 5.41 Å². The molecule has 0 aromatic rings. The van der Waals surface area contributed by atoms with Gasteiger partial charge in [0.2, 0.25) is 0 Å². The van der Waals surface area contributed by atoms with Crippen molar-refractivity contribution in [3.63, 3.8) is 0 Å². The topological polar surface area (TPSA) is 87.0 Å². The predicted molar refractivity (Wildman–Crippen MR) is 97.5 cm³/mol. The van der Waals surface area contributed by atoms with Crippen LogP contribution in [-0.4, -0.2) is 36.5 Å². The Bertz CT molecular complexity index is 847. The molecule has 0 unspecified atom stereocenters. The molecule has 0 aromatic carbocycles. The Hall–Kier alpha value is -2.70. The van der Waals surface area contributed by atoms with Crippen molar-refractivity contribution in [3.8, 4) is 28.4 Å². The van der Waals surface area contributed by atoms with E-state index in [0.717, 1.165) is 0 Å². The number of carbonyl (C=O) groups is 1. The van der Waals surface area contributed by atoms with Gasteiger partial charge in [-0.2, -0.15) is 0 Å². The second-order valence-corrected chi connectivity index (χ2v) is 7.13. The van der Waals surface area contributed by atoms with Crippen LogP contribution in [0.15, 0.2) is 17.1 Å². The molecule has 0 saturated carbocycles. The third-order valence-corrected chi connectivity index (χ3v) is 3.82. The lowest BCUT2D eigenvalue weighted by Gasteiger charge is -2.26. The standard InChI is InChI=1S/C19H25NO6/c1-7-26-18(23)15-16(22)14-11(9-20(15)10-19(2,3)4)12(21)8-13(24-5)17(14)25-6/h8-9,22H,7,10H2,1-6H3. The van der Waals surface area contributed by atoms with Crippen LogP contribution < -0.4 is 14.9 Å². The molecule has 2 aliphatic rings. The zero-order valence-corrected chi connectivity index (χ0v) is 16.0. The zero-order valence-electron chi connectivity index (χ0n) is 16.0. The van der Waals surface area contributed by atoms with Gasteiger partial charge in [0.15, 0.2) is 28.4 Å². The Balaban J connectivity index is 2.93. The van der Waals surface area contributed by atoms with Crippen LogP contribution in [0.1, 0.15) is 38.2 Å². The highest BCUT2D eigenvalue weighted by atomic mass is 16.5. The quantitative estimate of drug-likeness (QED) is 0.822. The average molecular weight is 363 g/mol. The zero-order chi connectivity index (χ0) is 19.6. The molecule has 7 nitrogen and oxygen atoms in total. The molecule has 0 saturated heterocycles.